The summed E-state index contributed by atoms with van der Waals surface area (Å²) >= 11 is 4.87. The second-order valence-corrected chi connectivity index (χ2v) is 9.80. The van der Waals surface area contributed by atoms with Gasteiger partial charge in [-0.15, -0.1) is 34.9 Å². The van der Waals surface area contributed by atoms with Crippen molar-refractivity contribution in [2.45, 2.75) is 39.8 Å². The summed E-state index contributed by atoms with van der Waals surface area (Å²) in [5, 5.41) is 49.4. The molecule has 26 heavy (non-hydrogen) atoms. The van der Waals surface area contributed by atoms with E-state index in [2.05, 4.69) is 0 Å². The summed E-state index contributed by atoms with van der Waals surface area (Å²) in [6.07, 6.45) is -3.13. The number of allylic oxidation sites excluding steroid dienone is 1. The Bertz CT molecular complexity index is 696. The van der Waals surface area contributed by atoms with Crippen molar-refractivity contribution in [2.24, 2.45) is 0 Å². The first-order chi connectivity index (χ1) is 12.3. The molecule has 0 amide bonds. The number of aliphatic hydroxyl groups excluding tert-OH is 5. The van der Waals surface area contributed by atoms with Crippen LogP contribution >= 0.6 is 34.9 Å². The molecule has 144 valence electrons. The summed E-state index contributed by atoms with van der Waals surface area (Å²) in [4.78, 5) is 15.9. The third kappa shape index (κ3) is 3.83. The standard InChI is InChI=1S/C16H21NO6S3/c1-17(4-8(20)13(22)14(23)9(21)6-19)12-3-11-16(26-12)15-10(25-11)2-7(5-18)24-15/h2-3,5,8-10,13-15,19-23H,4,6H2,1H3. The molecule has 5 N–H and O–H groups in total. The van der Waals surface area contributed by atoms with Crippen LogP contribution in [0.4, 0.5) is 5.00 Å². The SMILES string of the molecule is CN(CC(O)C(O)C(O)C(O)CO)c1cc2c(s1)C1SC(C=O)=CC1S2. The van der Waals surface area contributed by atoms with E-state index < -0.39 is 31.0 Å². The van der Waals surface area contributed by atoms with Gasteiger partial charge < -0.3 is 30.4 Å². The molecule has 6 atom stereocenters. The number of aliphatic hydroxyl groups is 5. The normalized spacial score (nSPS) is 25.8. The third-order valence-corrected chi connectivity index (χ3v) is 8.74. The van der Waals surface area contributed by atoms with E-state index >= 15 is 0 Å². The van der Waals surface area contributed by atoms with E-state index in [0.717, 1.165) is 21.1 Å². The van der Waals surface area contributed by atoms with E-state index in [9.17, 15) is 25.2 Å². The molecular formula is C16H21NO6S3. The van der Waals surface area contributed by atoms with Crippen molar-refractivity contribution >= 4 is 46.1 Å². The Morgan fingerprint density at radius 1 is 1.19 bits per heavy atom. The topological polar surface area (TPSA) is 121 Å². The van der Waals surface area contributed by atoms with Crippen LogP contribution in [-0.2, 0) is 4.79 Å². The predicted molar refractivity (Wildman–Crippen MR) is 103 cm³/mol. The van der Waals surface area contributed by atoms with Gasteiger partial charge >= 0.3 is 0 Å². The average Bonchev–Trinajstić information content (AvgIpc) is 3.29. The van der Waals surface area contributed by atoms with Crippen LogP contribution in [0.1, 0.15) is 10.1 Å². The molecule has 0 aliphatic carbocycles. The van der Waals surface area contributed by atoms with Gasteiger partial charge in [-0.1, -0.05) is 6.08 Å². The lowest BCUT2D eigenvalue weighted by atomic mass is 10.0. The summed E-state index contributed by atoms with van der Waals surface area (Å²) in [5.74, 6) is 0. The molecule has 1 aromatic heterocycles. The lowest BCUT2D eigenvalue weighted by Gasteiger charge is -2.28. The zero-order valence-corrected chi connectivity index (χ0v) is 16.4. The molecule has 2 aliphatic rings. The van der Waals surface area contributed by atoms with Gasteiger partial charge in [0.25, 0.3) is 0 Å². The van der Waals surface area contributed by atoms with Crippen LogP contribution in [-0.4, -0.2) is 81.7 Å². The van der Waals surface area contributed by atoms with Gasteiger partial charge in [-0.05, 0) is 6.07 Å². The van der Waals surface area contributed by atoms with Crippen LogP contribution in [0.15, 0.2) is 21.9 Å². The Morgan fingerprint density at radius 3 is 2.54 bits per heavy atom. The second-order valence-electron chi connectivity index (χ2n) is 6.30. The minimum absolute atomic E-state index is 0.0551. The molecule has 0 bridgehead atoms. The number of rotatable bonds is 8. The molecule has 0 radical (unpaired) electrons. The highest BCUT2D eigenvalue weighted by Gasteiger charge is 2.40. The van der Waals surface area contributed by atoms with Gasteiger partial charge in [-0.2, -0.15) is 0 Å². The largest absolute Gasteiger partial charge is 0.394 e. The average molecular weight is 420 g/mol. The number of hydrogen-bond donors (Lipinski definition) is 5. The summed E-state index contributed by atoms with van der Waals surface area (Å²) < 4.78 is 0. The maximum atomic E-state index is 11.0. The summed E-state index contributed by atoms with van der Waals surface area (Å²) in [6, 6.07) is 2.02. The van der Waals surface area contributed by atoms with E-state index in [-0.39, 0.29) is 17.0 Å². The smallest absolute Gasteiger partial charge is 0.156 e. The number of hydrogen-bond acceptors (Lipinski definition) is 10. The number of aldehydes is 1. The number of carbonyl (C=O) groups is 1. The van der Waals surface area contributed by atoms with Gasteiger partial charge in [0.1, 0.15) is 18.3 Å². The zero-order chi connectivity index (χ0) is 19.0. The predicted octanol–water partition coefficient (Wildman–Crippen LogP) is -0.0348. The van der Waals surface area contributed by atoms with E-state index in [0.29, 0.717) is 0 Å². The number of carbonyl (C=O) groups excluding carboxylic acids is 1. The molecule has 0 saturated heterocycles. The van der Waals surface area contributed by atoms with Crippen molar-refractivity contribution in [3.63, 3.8) is 0 Å². The summed E-state index contributed by atoms with van der Waals surface area (Å²) in [6.45, 7) is -0.647. The first-order valence-electron chi connectivity index (χ1n) is 8.04. The van der Waals surface area contributed by atoms with Crippen LogP contribution < -0.4 is 4.90 Å². The minimum atomic E-state index is -1.63. The molecule has 6 unspecified atom stereocenters. The Kier molecular flexibility index (Phi) is 6.35. The Morgan fingerprint density at radius 2 is 1.88 bits per heavy atom. The van der Waals surface area contributed by atoms with E-state index in [4.69, 9.17) is 5.11 Å². The van der Waals surface area contributed by atoms with E-state index in [1.54, 1.807) is 46.8 Å². The van der Waals surface area contributed by atoms with Gasteiger partial charge in [-0.3, -0.25) is 4.79 Å². The van der Waals surface area contributed by atoms with Gasteiger partial charge in [0.05, 0.1) is 23.0 Å². The first kappa shape index (κ1) is 20.2. The molecule has 7 nitrogen and oxygen atoms in total. The molecule has 3 rings (SSSR count). The zero-order valence-electron chi connectivity index (χ0n) is 13.9. The van der Waals surface area contributed by atoms with Gasteiger partial charge in [0, 0.05) is 33.5 Å². The van der Waals surface area contributed by atoms with Crippen molar-refractivity contribution in [1.82, 2.24) is 0 Å². The fourth-order valence-electron chi connectivity index (χ4n) is 2.91. The maximum Gasteiger partial charge on any atom is 0.156 e. The summed E-state index contributed by atoms with van der Waals surface area (Å²) in [7, 11) is 1.77. The minimum Gasteiger partial charge on any atom is -0.394 e. The number of thioether (sulfide) groups is 2. The number of nitrogens with zero attached hydrogens (tertiary/aromatic N) is 1. The molecule has 0 aromatic carbocycles. The Balaban J connectivity index is 1.63. The van der Waals surface area contributed by atoms with Gasteiger partial charge in [0.2, 0.25) is 0 Å². The van der Waals surface area contributed by atoms with Gasteiger partial charge in [0.15, 0.2) is 6.29 Å². The molecule has 0 spiro atoms. The van der Waals surface area contributed by atoms with Crippen molar-refractivity contribution in [1.29, 1.82) is 0 Å². The van der Waals surface area contributed by atoms with Gasteiger partial charge in [-0.25, -0.2) is 0 Å². The van der Waals surface area contributed by atoms with Crippen LogP contribution in [0.5, 0.6) is 0 Å². The Labute approximate surface area is 163 Å². The van der Waals surface area contributed by atoms with E-state index in [1.165, 1.54) is 4.88 Å². The number of thiophene rings is 1. The molecule has 0 fully saturated rings. The van der Waals surface area contributed by atoms with Crippen molar-refractivity contribution < 1.29 is 30.3 Å². The molecule has 1 aromatic rings. The van der Waals surface area contributed by atoms with E-state index in [1.807, 2.05) is 12.1 Å². The molecule has 3 heterocycles. The van der Waals surface area contributed by atoms with Crippen molar-refractivity contribution in [3.05, 3.63) is 21.9 Å². The highest BCUT2D eigenvalue weighted by Crippen LogP contribution is 2.60. The number of fused-ring (bicyclic) bond motifs is 3. The van der Waals surface area contributed by atoms with Crippen LogP contribution in [0, 0.1) is 0 Å². The van der Waals surface area contributed by atoms with Crippen LogP contribution in [0.2, 0.25) is 0 Å². The first-order valence-corrected chi connectivity index (χ1v) is 10.6. The molecule has 10 heteroatoms. The lowest BCUT2D eigenvalue weighted by molar-refractivity contribution is -0.112. The number of likely N-dealkylation sites (N-methyl/N-ethyl adjacent to an activating group) is 1. The molecular weight excluding hydrogens is 398 g/mol. The molecule has 0 saturated carbocycles. The second kappa shape index (κ2) is 8.19. The maximum absolute atomic E-state index is 11.0. The lowest BCUT2D eigenvalue weighted by Crippen LogP contribution is -2.49. The van der Waals surface area contributed by atoms with Crippen molar-refractivity contribution in [3.8, 4) is 0 Å². The molecule has 2 aliphatic heterocycles. The van der Waals surface area contributed by atoms with Crippen LogP contribution in [0.3, 0.4) is 0 Å². The quantitative estimate of drug-likeness (QED) is 0.370. The highest BCUT2D eigenvalue weighted by atomic mass is 32.2. The fourth-order valence-corrected chi connectivity index (χ4v) is 7.39. The fraction of sp³-hybridized carbons (Fsp3) is 0.562. The number of anilines is 1. The van der Waals surface area contributed by atoms with Crippen molar-refractivity contribution in [2.75, 3.05) is 25.1 Å². The van der Waals surface area contributed by atoms with Crippen LogP contribution in [0.25, 0.3) is 0 Å². The monoisotopic (exact) mass is 419 g/mol. The highest BCUT2D eigenvalue weighted by molar-refractivity contribution is 8.08. The Hall–Kier alpha value is -0.590. The third-order valence-electron chi connectivity index (χ3n) is 4.40. The summed E-state index contributed by atoms with van der Waals surface area (Å²) in [5.41, 5.74) is 0.